The molecular formula is C17H16ClFN2O4. The van der Waals surface area contributed by atoms with E-state index in [1.807, 2.05) is 0 Å². The number of amides is 1. The van der Waals surface area contributed by atoms with Crippen LogP contribution in [0.4, 0.5) is 10.1 Å². The molecule has 8 heteroatoms. The van der Waals surface area contributed by atoms with Crippen molar-refractivity contribution in [3.8, 4) is 5.75 Å². The summed E-state index contributed by atoms with van der Waals surface area (Å²) in [5.41, 5.74) is 0.313. The molecule has 2 aromatic rings. The zero-order chi connectivity index (χ0) is 18.4. The zero-order valence-corrected chi connectivity index (χ0v) is 14.3. The summed E-state index contributed by atoms with van der Waals surface area (Å²) in [5.74, 6) is -1.39. The number of hydrogen-bond acceptors (Lipinski definition) is 5. The molecule has 1 heterocycles. The Morgan fingerprint density at radius 3 is 2.48 bits per heavy atom. The molecule has 0 saturated carbocycles. The number of aromatic nitrogens is 1. The van der Waals surface area contributed by atoms with Crippen LogP contribution in [0.15, 0.2) is 42.6 Å². The molecule has 0 aliphatic rings. The van der Waals surface area contributed by atoms with Crippen LogP contribution >= 0.6 is 11.6 Å². The van der Waals surface area contributed by atoms with E-state index in [0.717, 1.165) is 0 Å². The van der Waals surface area contributed by atoms with Crippen molar-refractivity contribution in [2.45, 2.75) is 26.1 Å². The number of ether oxygens (including phenoxy) is 2. The van der Waals surface area contributed by atoms with Gasteiger partial charge in [0, 0.05) is 6.20 Å². The maximum atomic E-state index is 12.8. The van der Waals surface area contributed by atoms with E-state index in [0.29, 0.717) is 11.4 Å². The van der Waals surface area contributed by atoms with Crippen molar-refractivity contribution >= 4 is 29.2 Å². The second-order valence-corrected chi connectivity index (χ2v) is 5.48. The van der Waals surface area contributed by atoms with E-state index in [1.54, 1.807) is 12.1 Å². The fourth-order valence-electron chi connectivity index (χ4n) is 1.80. The quantitative estimate of drug-likeness (QED) is 0.627. The van der Waals surface area contributed by atoms with Crippen molar-refractivity contribution in [1.29, 1.82) is 0 Å². The molecule has 2 atom stereocenters. The molecule has 0 radical (unpaired) electrons. The first-order valence-electron chi connectivity index (χ1n) is 7.41. The summed E-state index contributed by atoms with van der Waals surface area (Å²) in [6, 6.07) is 8.38. The number of rotatable bonds is 6. The van der Waals surface area contributed by atoms with Gasteiger partial charge in [-0.15, -0.1) is 0 Å². The summed E-state index contributed by atoms with van der Waals surface area (Å²) < 4.78 is 23.3. The van der Waals surface area contributed by atoms with Gasteiger partial charge in [0.2, 0.25) is 0 Å². The molecule has 0 aliphatic heterocycles. The maximum Gasteiger partial charge on any atom is 0.347 e. The smallest absolute Gasteiger partial charge is 0.347 e. The first kappa shape index (κ1) is 18.7. The molecule has 0 spiro atoms. The highest BCUT2D eigenvalue weighted by atomic mass is 35.5. The molecule has 0 fully saturated rings. The van der Waals surface area contributed by atoms with Gasteiger partial charge in [0.05, 0.1) is 5.69 Å². The van der Waals surface area contributed by atoms with Crippen molar-refractivity contribution in [3.63, 3.8) is 0 Å². The van der Waals surface area contributed by atoms with Crippen LogP contribution in [0.25, 0.3) is 0 Å². The first-order chi connectivity index (χ1) is 11.9. The molecule has 2 rings (SSSR count). The average Bonchev–Trinajstić information content (AvgIpc) is 2.58. The normalized spacial score (nSPS) is 12.8. The number of halogens is 2. The zero-order valence-electron chi connectivity index (χ0n) is 13.5. The lowest BCUT2D eigenvalue weighted by Crippen LogP contribution is -2.35. The van der Waals surface area contributed by atoms with Crippen LogP contribution < -0.4 is 10.1 Å². The number of carbonyl (C=O) groups is 2. The number of hydrogen-bond donors (Lipinski definition) is 1. The largest absolute Gasteiger partial charge is 0.479 e. The molecule has 1 aromatic heterocycles. The van der Waals surface area contributed by atoms with Crippen LogP contribution in [0.5, 0.6) is 5.75 Å². The predicted octanol–water partition coefficient (Wildman–Crippen LogP) is 3.21. The first-order valence-corrected chi connectivity index (χ1v) is 7.78. The lowest BCUT2D eigenvalue weighted by molar-refractivity contribution is -0.159. The van der Waals surface area contributed by atoms with Crippen LogP contribution in [0.1, 0.15) is 13.8 Å². The van der Waals surface area contributed by atoms with Crippen LogP contribution in [-0.2, 0) is 14.3 Å². The van der Waals surface area contributed by atoms with Crippen molar-refractivity contribution in [1.82, 2.24) is 4.98 Å². The van der Waals surface area contributed by atoms with Gasteiger partial charge in [0.15, 0.2) is 17.4 Å². The van der Waals surface area contributed by atoms with Gasteiger partial charge >= 0.3 is 5.97 Å². The summed E-state index contributed by atoms with van der Waals surface area (Å²) in [5, 5.41) is 2.64. The number of anilines is 1. The molecule has 1 aromatic carbocycles. The van der Waals surface area contributed by atoms with Gasteiger partial charge in [0.1, 0.15) is 11.6 Å². The third kappa shape index (κ3) is 5.42. The molecule has 0 saturated heterocycles. The summed E-state index contributed by atoms with van der Waals surface area (Å²) in [6.45, 7) is 2.89. The molecule has 0 unspecified atom stereocenters. The fraction of sp³-hybridized carbons (Fsp3) is 0.235. The summed E-state index contributed by atoms with van der Waals surface area (Å²) >= 11 is 5.85. The van der Waals surface area contributed by atoms with Crippen LogP contribution in [-0.4, -0.2) is 29.1 Å². The number of nitrogens with zero attached hydrogens (tertiary/aromatic N) is 1. The summed E-state index contributed by atoms with van der Waals surface area (Å²) in [7, 11) is 0. The highest BCUT2D eigenvalue weighted by Crippen LogP contribution is 2.18. The van der Waals surface area contributed by atoms with Crippen molar-refractivity contribution in [2.75, 3.05) is 5.32 Å². The van der Waals surface area contributed by atoms with Gasteiger partial charge in [-0.2, -0.15) is 0 Å². The summed E-state index contributed by atoms with van der Waals surface area (Å²) in [6.07, 6.45) is -0.554. The maximum absolute atomic E-state index is 12.8. The van der Waals surface area contributed by atoms with E-state index in [-0.39, 0.29) is 5.15 Å². The number of benzene rings is 1. The highest BCUT2D eigenvalue weighted by molar-refractivity contribution is 6.32. The molecule has 132 valence electrons. The van der Waals surface area contributed by atoms with Gasteiger partial charge in [0.25, 0.3) is 5.91 Å². The van der Waals surface area contributed by atoms with E-state index in [4.69, 9.17) is 21.1 Å². The molecule has 0 bridgehead atoms. The Hall–Kier alpha value is -2.67. The number of pyridine rings is 1. The molecular weight excluding hydrogens is 351 g/mol. The van der Waals surface area contributed by atoms with Gasteiger partial charge in [-0.25, -0.2) is 14.2 Å². The van der Waals surface area contributed by atoms with E-state index in [1.165, 1.54) is 44.3 Å². The molecule has 25 heavy (non-hydrogen) atoms. The Balaban J connectivity index is 1.89. The molecule has 0 aliphatic carbocycles. The van der Waals surface area contributed by atoms with Crippen molar-refractivity contribution in [2.24, 2.45) is 0 Å². The molecule has 1 N–H and O–H groups in total. The Bertz CT molecular complexity index is 755. The third-order valence-corrected chi connectivity index (χ3v) is 3.44. The predicted molar refractivity (Wildman–Crippen MR) is 89.9 cm³/mol. The number of nitrogens with one attached hydrogen (secondary N) is 1. The number of carbonyl (C=O) groups excluding carboxylic acids is 2. The fourth-order valence-corrected chi connectivity index (χ4v) is 1.97. The van der Waals surface area contributed by atoms with E-state index < -0.39 is 29.9 Å². The van der Waals surface area contributed by atoms with Gasteiger partial charge < -0.3 is 14.8 Å². The van der Waals surface area contributed by atoms with E-state index in [9.17, 15) is 14.0 Å². The van der Waals surface area contributed by atoms with E-state index in [2.05, 4.69) is 10.3 Å². The van der Waals surface area contributed by atoms with Gasteiger partial charge in [-0.1, -0.05) is 11.6 Å². The van der Waals surface area contributed by atoms with E-state index >= 15 is 0 Å². The van der Waals surface area contributed by atoms with Crippen molar-refractivity contribution < 1.29 is 23.5 Å². The molecule has 1 amide bonds. The Labute approximate surface area is 148 Å². The van der Waals surface area contributed by atoms with Crippen LogP contribution in [0.2, 0.25) is 5.15 Å². The Morgan fingerprint density at radius 1 is 1.16 bits per heavy atom. The molecule has 6 nitrogen and oxygen atoms in total. The Morgan fingerprint density at radius 2 is 1.84 bits per heavy atom. The number of esters is 1. The SMILES string of the molecule is C[C@H](OC(=O)[C@@H](C)Oc1ccc(F)cc1)C(=O)Nc1cccnc1Cl. The Kier molecular flexibility index (Phi) is 6.30. The second kappa shape index (κ2) is 8.43. The second-order valence-electron chi connectivity index (χ2n) is 5.12. The van der Waals surface area contributed by atoms with Gasteiger partial charge in [-0.3, -0.25) is 4.79 Å². The minimum Gasteiger partial charge on any atom is -0.479 e. The van der Waals surface area contributed by atoms with Crippen molar-refractivity contribution in [3.05, 3.63) is 53.6 Å². The third-order valence-electron chi connectivity index (χ3n) is 3.14. The topological polar surface area (TPSA) is 77.5 Å². The van der Waals surface area contributed by atoms with Crippen LogP contribution in [0.3, 0.4) is 0 Å². The minimum atomic E-state index is -1.07. The highest BCUT2D eigenvalue weighted by Gasteiger charge is 2.23. The lowest BCUT2D eigenvalue weighted by Gasteiger charge is -2.18. The van der Waals surface area contributed by atoms with Gasteiger partial charge in [-0.05, 0) is 50.2 Å². The summed E-state index contributed by atoms with van der Waals surface area (Å²) in [4.78, 5) is 27.9. The standard InChI is InChI=1S/C17H16ClFN2O4/c1-10(16(22)21-14-4-3-9-20-15(14)18)25-17(23)11(2)24-13-7-5-12(19)6-8-13/h3-11H,1-2H3,(H,21,22)/t10-,11+/m0/s1. The minimum absolute atomic E-state index is 0.127. The monoisotopic (exact) mass is 366 g/mol. The lowest BCUT2D eigenvalue weighted by atomic mass is 10.3. The average molecular weight is 367 g/mol. The van der Waals surface area contributed by atoms with Crippen LogP contribution in [0, 0.1) is 5.82 Å².